The molecule has 2 heterocycles. The van der Waals surface area contributed by atoms with Crippen LogP contribution >= 0.6 is 23.1 Å². The molecule has 3 aromatic rings. The second-order valence-electron chi connectivity index (χ2n) is 3.11. The molecule has 0 fully saturated rings. The summed E-state index contributed by atoms with van der Waals surface area (Å²) >= 11 is 2.72. The van der Waals surface area contributed by atoms with Crippen LogP contribution in [0.1, 0.15) is 0 Å². The zero-order valence-electron chi connectivity index (χ0n) is 7.56. The van der Waals surface area contributed by atoms with Gasteiger partial charge in [-0.25, -0.2) is 0 Å². The topological polar surface area (TPSA) is 45.8 Å². The highest BCUT2D eigenvalue weighted by Gasteiger charge is 2.11. The summed E-state index contributed by atoms with van der Waals surface area (Å²) in [5.74, 6) is 0. The van der Waals surface area contributed by atoms with E-state index in [4.69, 9.17) is 0 Å². The Morgan fingerprint density at radius 2 is 2.13 bits per heavy atom. The minimum absolute atomic E-state index is 0.108. The van der Waals surface area contributed by atoms with E-state index in [1.165, 1.54) is 4.70 Å². The van der Waals surface area contributed by atoms with Crippen molar-refractivity contribution in [3.8, 4) is 11.3 Å². The van der Waals surface area contributed by atoms with Crippen LogP contribution in [-0.2, 0) is 0 Å². The highest BCUT2D eigenvalue weighted by Crippen LogP contribution is 2.31. The lowest BCUT2D eigenvalue weighted by Crippen LogP contribution is -2.00. The van der Waals surface area contributed by atoms with Crippen molar-refractivity contribution >= 4 is 33.2 Å². The van der Waals surface area contributed by atoms with E-state index in [1.54, 1.807) is 11.3 Å². The van der Waals surface area contributed by atoms with E-state index < -0.39 is 0 Å². The van der Waals surface area contributed by atoms with Gasteiger partial charge in [0.15, 0.2) is 5.69 Å². The van der Waals surface area contributed by atoms with Gasteiger partial charge in [0.25, 0.3) is 5.56 Å². The number of benzene rings is 1. The normalized spacial score (nSPS) is 10.9. The van der Waals surface area contributed by atoms with Gasteiger partial charge in [0, 0.05) is 32.8 Å². The van der Waals surface area contributed by atoms with E-state index in [2.05, 4.69) is 8.75 Å². The first-order valence-corrected chi connectivity index (χ1v) is 6.02. The van der Waals surface area contributed by atoms with Crippen molar-refractivity contribution in [1.82, 2.24) is 8.75 Å². The van der Waals surface area contributed by atoms with Crippen molar-refractivity contribution in [1.29, 1.82) is 0 Å². The Bertz CT molecular complexity index is 665. The average Bonchev–Trinajstić information content (AvgIpc) is 2.83. The van der Waals surface area contributed by atoms with Gasteiger partial charge in [-0.15, -0.1) is 11.3 Å². The molecular formula is C10H6N2OS2. The number of thiophene rings is 1. The molecule has 2 aromatic heterocycles. The van der Waals surface area contributed by atoms with Crippen LogP contribution in [0.15, 0.2) is 34.4 Å². The molecule has 0 saturated carbocycles. The van der Waals surface area contributed by atoms with Crippen molar-refractivity contribution in [2.45, 2.75) is 0 Å². The van der Waals surface area contributed by atoms with E-state index in [0.29, 0.717) is 5.69 Å². The monoisotopic (exact) mass is 234 g/mol. The summed E-state index contributed by atoms with van der Waals surface area (Å²) in [5, 5.41) is 3.08. The molecule has 1 N–H and O–H groups in total. The number of nitrogens with zero attached hydrogens (tertiary/aromatic N) is 1. The van der Waals surface area contributed by atoms with Crippen LogP contribution < -0.4 is 5.56 Å². The molecule has 3 rings (SSSR count). The largest absolute Gasteiger partial charge is 0.285 e. The van der Waals surface area contributed by atoms with Gasteiger partial charge in [-0.2, -0.15) is 4.37 Å². The summed E-state index contributed by atoms with van der Waals surface area (Å²) in [7, 11) is 0. The number of fused-ring (bicyclic) bond motifs is 1. The van der Waals surface area contributed by atoms with Crippen LogP contribution in [0.2, 0.25) is 0 Å². The molecule has 0 unspecified atom stereocenters. The summed E-state index contributed by atoms with van der Waals surface area (Å²) in [4.78, 5) is 11.5. The maximum Gasteiger partial charge on any atom is 0.285 e. The summed E-state index contributed by atoms with van der Waals surface area (Å²) < 4.78 is 7.87. The Morgan fingerprint density at radius 1 is 1.27 bits per heavy atom. The Morgan fingerprint density at radius 3 is 2.93 bits per heavy atom. The molecule has 0 aliphatic carbocycles. The van der Waals surface area contributed by atoms with Crippen molar-refractivity contribution in [3.05, 3.63) is 40.0 Å². The molecule has 15 heavy (non-hydrogen) atoms. The fourth-order valence-electron chi connectivity index (χ4n) is 1.53. The number of aromatic nitrogens is 2. The Balaban J connectivity index is 2.37. The fourth-order valence-corrected chi connectivity index (χ4v) is 2.98. The first kappa shape index (κ1) is 8.82. The standard InChI is InChI=1S/C10H6N2OS2/c13-10-9(11-15-12-10)7-5-14-8-4-2-1-3-6(7)8/h1-5H,(H,12,13). The van der Waals surface area contributed by atoms with E-state index >= 15 is 0 Å². The lowest BCUT2D eigenvalue weighted by molar-refractivity contribution is 1.40. The minimum Gasteiger partial charge on any atom is -0.266 e. The molecule has 74 valence electrons. The van der Waals surface area contributed by atoms with Gasteiger partial charge < -0.3 is 0 Å². The number of hydrogen-bond acceptors (Lipinski definition) is 4. The highest BCUT2D eigenvalue weighted by molar-refractivity contribution is 7.17. The van der Waals surface area contributed by atoms with Crippen LogP contribution in [-0.4, -0.2) is 8.75 Å². The maximum atomic E-state index is 11.5. The van der Waals surface area contributed by atoms with Gasteiger partial charge in [0.2, 0.25) is 0 Å². The van der Waals surface area contributed by atoms with Crippen LogP contribution in [0.5, 0.6) is 0 Å². The molecule has 1 aromatic carbocycles. The van der Waals surface area contributed by atoms with Crippen LogP contribution in [0, 0.1) is 0 Å². The zero-order valence-corrected chi connectivity index (χ0v) is 9.19. The van der Waals surface area contributed by atoms with Gasteiger partial charge >= 0.3 is 0 Å². The van der Waals surface area contributed by atoms with E-state index in [0.717, 1.165) is 22.7 Å². The molecule has 0 spiro atoms. The highest BCUT2D eigenvalue weighted by atomic mass is 32.1. The predicted octanol–water partition coefficient (Wildman–Crippen LogP) is 2.71. The average molecular weight is 234 g/mol. The third-order valence-electron chi connectivity index (χ3n) is 2.23. The second kappa shape index (κ2) is 3.29. The first-order valence-electron chi connectivity index (χ1n) is 4.37. The van der Waals surface area contributed by atoms with E-state index in [9.17, 15) is 4.79 Å². The molecule has 0 radical (unpaired) electrons. The fraction of sp³-hybridized carbons (Fsp3) is 0. The number of rotatable bonds is 1. The van der Waals surface area contributed by atoms with Crippen molar-refractivity contribution in [2.75, 3.05) is 0 Å². The van der Waals surface area contributed by atoms with Gasteiger partial charge in [0.1, 0.15) is 0 Å². The lowest BCUT2D eigenvalue weighted by Gasteiger charge is -1.91. The Labute approximate surface area is 93.3 Å². The third kappa shape index (κ3) is 1.32. The second-order valence-corrected chi connectivity index (χ2v) is 4.59. The summed E-state index contributed by atoms with van der Waals surface area (Å²) in [6.07, 6.45) is 0. The third-order valence-corrected chi connectivity index (χ3v) is 3.74. The number of aromatic amines is 1. The molecule has 0 aliphatic heterocycles. The molecule has 0 aliphatic rings. The van der Waals surface area contributed by atoms with E-state index in [1.807, 2.05) is 29.6 Å². The van der Waals surface area contributed by atoms with Gasteiger partial charge in [-0.05, 0) is 6.07 Å². The van der Waals surface area contributed by atoms with Gasteiger partial charge in [-0.1, -0.05) is 18.2 Å². The molecule has 0 amide bonds. The molecule has 0 atom stereocenters. The molecule has 3 nitrogen and oxygen atoms in total. The van der Waals surface area contributed by atoms with E-state index in [-0.39, 0.29) is 5.56 Å². The van der Waals surface area contributed by atoms with Gasteiger partial charge in [-0.3, -0.25) is 9.17 Å². The summed E-state index contributed by atoms with van der Waals surface area (Å²) in [6, 6.07) is 8.02. The smallest absolute Gasteiger partial charge is 0.266 e. The molecule has 0 bridgehead atoms. The quantitative estimate of drug-likeness (QED) is 0.703. The number of nitrogens with one attached hydrogen (secondary N) is 1. The SMILES string of the molecule is O=c1[nH]snc1-c1csc2ccccc12. The first-order chi connectivity index (χ1) is 7.36. The van der Waals surface area contributed by atoms with Crippen LogP contribution in [0.25, 0.3) is 21.3 Å². The van der Waals surface area contributed by atoms with Gasteiger partial charge in [0.05, 0.1) is 0 Å². The van der Waals surface area contributed by atoms with Crippen LogP contribution in [0.4, 0.5) is 0 Å². The molecule has 0 saturated heterocycles. The molecular weight excluding hydrogens is 228 g/mol. The van der Waals surface area contributed by atoms with Crippen molar-refractivity contribution in [2.24, 2.45) is 0 Å². The minimum atomic E-state index is -0.108. The lowest BCUT2D eigenvalue weighted by atomic mass is 10.1. The van der Waals surface area contributed by atoms with Crippen molar-refractivity contribution < 1.29 is 0 Å². The van der Waals surface area contributed by atoms with Crippen molar-refractivity contribution in [3.63, 3.8) is 0 Å². The Hall–Kier alpha value is -1.46. The number of H-pyrrole nitrogens is 1. The summed E-state index contributed by atoms with van der Waals surface area (Å²) in [5.41, 5.74) is 1.35. The molecule has 5 heteroatoms. The number of hydrogen-bond donors (Lipinski definition) is 1. The zero-order chi connectivity index (χ0) is 10.3. The predicted molar refractivity (Wildman–Crippen MR) is 63.6 cm³/mol. The maximum absolute atomic E-state index is 11.5. The Kier molecular flexibility index (Phi) is 1.93. The summed E-state index contributed by atoms with van der Waals surface area (Å²) in [6.45, 7) is 0. The van der Waals surface area contributed by atoms with Crippen LogP contribution in [0.3, 0.4) is 0 Å².